The van der Waals surface area contributed by atoms with Gasteiger partial charge in [0, 0.05) is 6.54 Å². The average Bonchev–Trinajstić information content (AvgIpc) is 2.96. The van der Waals surface area contributed by atoms with Crippen molar-refractivity contribution in [2.75, 3.05) is 6.54 Å². The number of carbonyl (C=O) groups excluding carboxylic acids is 1. The maximum atomic E-state index is 12.7. The standard InChI is InChI=1S/C12H12Cl2FNO2/c13-12(14)5-9(12)11(18)16-6-10(17)7-1-3-8(15)4-2-7/h1-4,9-10,17H,5-6H2,(H,16,18). The molecule has 0 aliphatic heterocycles. The summed E-state index contributed by atoms with van der Waals surface area (Å²) in [4.78, 5) is 11.6. The normalized spacial score (nSPS) is 22.3. The number of rotatable bonds is 4. The Hall–Kier alpha value is -0.840. The highest BCUT2D eigenvalue weighted by Gasteiger charge is 2.56. The average molecular weight is 292 g/mol. The zero-order valence-electron chi connectivity index (χ0n) is 9.37. The third-order valence-electron chi connectivity index (χ3n) is 2.87. The molecular formula is C12H12Cl2FNO2. The number of hydrogen-bond acceptors (Lipinski definition) is 2. The van der Waals surface area contributed by atoms with Gasteiger partial charge in [-0.25, -0.2) is 4.39 Å². The maximum absolute atomic E-state index is 12.7. The van der Waals surface area contributed by atoms with Crippen LogP contribution in [0.1, 0.15) is 18.1 Å². The summed E-state index contributed by atoms with van der Waals surface area (Å²) in [5.41, 5.74) is 0.538. The van der Waals surface area contributed by atoms with Crippen LogP contribution >= 0.6 is 23.2 Å². The molecule has 1 saturated carbocycles. The van der Waals surface area contributed by atoms with Crippen LogP contribution in [-0.4, -0.2) is 21.9 Å². The lowest BCUT2D eigenvalue weighted by Crippen LogP contribution is -2.30. The maximum Gasteiger partial charge on any atom is 0.226 e. The van der Waals surface area contributed by atoms with Gasteiger partial charge in [-0.15, -0.1) is 23.2 Å². The molecule has 6 heteroatoms. The van der Waals surface area contributed by atoms with E-state index in [9.17, 15) is 14.3 Å². The van der Waals surface area contributed by atoms with Gasteiger partial charge in [-0.1, -0.05) is 12.1 Å². The quantitative estimate of drug-likeness (QED) is 0.836. The SMILES string of the molecule is O=C(NCC(O)c1ccc(F)cc1)C1CC1(Cl)Cl. The summed E-state index contributed by atoms with van der Waals surface area (Å²) >= 11 is 11.5. The molecule has 1 aromatic carbocycles. The molecule has 0 radical (unpaired) electrons. The van der Waals surface area contributed by atoms with E-state index in [1.807, 2.05) is 0 Å². The molecule has 1 aliphatic rings. The Labute approximate surface area is 114 Å². The molecule has 0 heterocycles. The van der Waals surface area contributed by atoms with Gasteiger partial charge in [0.05, 0.1) is 12.0 Å². The molecule has 1 fully saturated rings. The fraction of sp³-hybridized carbons (Fsp3) is 0.417. The largest absolute Gasteiger partial charge is 0.387 e. The molecule has 0 aromatic heterocycles. The van der Waals surface area contributed by atoms with E-state index in [4.69, 9.17) is 23.2 Å². The van der Waals surface area contributed by atoms with Crippen molar-refractivity contribution in [1.29, 1.82) is 0 Å². The van der Waals surface area contributed by atoms with Crippen molar-refractivity contribution < 1.29 is 14.3 Å². The van der Waals surface area contributed by atoms with Gasteiger partial charge in [-0.2, -0.15) is 0 Å². The van der Waals surface area contributed by atoms with Crippen molar-refractivity contribution in [2.24, 2.45) is 5.92 Å². The van der Waals surface area contributed by atoms with E-state index in [-0.39, 0.29) is 18.3 Å². The zero-order valence-corrected chi connectivity index (χ0v) is 10.9. The molecule has 2 atom stereocenters. The lowest BCUT2D eigenvalue weighted by atomic mass is 10.1. The second-order valence-electron chi connectivity index (χ2n) is 4.33. The molecule has 1 aromatic rings. The first-order valence-electron chi connectivity index (χ1n) is 5.49. The van der Waals surface area contributed by atoms with Gasteiger partial charge in [-0.05, 0) is 24.1 Å². The molecule has 0 bridgehead atoms. The smallest absolute Gasteiger partial charge is 0.226 e. The Bertz CT molecular complexity index is 450. The van der Waals surface area contributed by atoms with E-state index in [0.717, 1.165) is 0 Å². The number of alkyl halides is 2. The van der Waals surface area contributed by atoms with Crippen LogP contribution in [0.4, 0.5) is 4.39 Å². The fourth-order valence-electron chi connectivity index (χ4n) is 1.62. The summed E-state index contributed by atoms with van der Waals surface area (Å²) in [7, 11) is 0. The van der Waals surface area contributed by atoms with Gasteiger partial charge in [0.1, 0.15) is 10.2 Å². The molecule has 1 aliphatic carbocycles. The van der Waals surface area contributed by atoms with Crippen LogP contribution in [0.5, 0.6) is 0 Å². The van der Waals surface area contributed by atoms with Crippen LogP contribution in [0.25, 0.3) is 0 Å². The summed E-state index contributed by atoms with van der Waals surface area (Å²) in [5, 5.41) is 12.4. The first kappa shape index (κ1) is 13.6. The molecule has 2 unspecified atom stereocenters. The van der Waals surface area contributed by atoms with E-state index in [2.05, 4.69) is 5.32 Å². The molecule has 2 N–H and O–H groups in total. The van der Waals surface area contributed by atoms with Gasteiger partial charge >= 0.3 is 0 Å². The Balaban J connectivity index is 1.83. The van der Waals surface area contributed by atoms with E-state index in [1.165, 1.54) is 24.3 Å². The molecular weight excluding hydrogens is 280 g/mol. The van der Waals surface area contributed by atoms with Crippen molar-refractivity contribution in [3.05, 3.63) is 35.6 Å². The minimum atomic E-state index is -0.967. The Kier molecular flexibility index (Phi) is 3.80. The molecule has 2 rings (SSSR count). The van der Waals surface area contributed by atoms with Crippen LogP contribution in [0.15, 0.2) is 24.3 Å². The fourth-order valence-corrected chi connectivity index (χ4v) is 2.13. The second kappa shape index (κ2) is 5.03. The number of halogens is 3. The molecule has 0 saturated heterocycles. The highest BCUT2D eigenvalue weighted by Crippen LogP contribution is 2.53. The first-order valence-corrected chi connectivity index (χ1v) is 6.25. The summed E-state index contributed by atoms with van der Waals surface area (Å²) in [5.74, 6) is -1.07. The number of carbonyl (C=O) groups is 1. The number of amides is 1. The van der Waals surface area contributed by atoms with Gasteiger partial charge in [0.2, 0.25) is 5.91 Å². The lowest BCUT2D eigenvalue weighted by Gasteiger charge is -2.12. The van der Waals surface area contributed by atoms with Gasteiger partial charge in [0.25, 0.3) is 0 Å². The number of aliphatic hydroxyl groups is 1. The molecule has 18 heavy (non-hydrogen) atoms. The van der Waals surface area contributed by atoms with E-state index >= 15 is 0 Å². The molecule has 3 nitrogen and oxygen atoms in total. The predicted octanol–water partition coefficient (Wildman–Crippen LogP) is 2.17. The Morgan fingerprint density at radius 3 is 2.56 bits per heavy atom. The third-order valence-corrected chi connectivity index (χ3v) is 3.70. The Morgan fingerprint density at radius 1 is 1.50 bits per heavy atom. The summed E-state index contributed by atoms with van der Waals surface area (Å²) in [6, 6.07) is 5.45. The number of aliphatic hydroxyl groups excluding tert-OH is 1. The van der Waals surface area contributed by atoms with Crippen LogP contribution in [-0.2, 0) is 4.79 Å². The highest BCUT2D eigenvalue weighted by molar-refractivity contribution is 6.52. The molecule has 1 amide bonds. The monoisotopic (exact) mass is 291 g/mol. The summed E-state index contributed by atoms with van der Waals surface area (Å²) in [6.45, 7) is 0.0465. The number of benzene rings is 1. The van der Waals surface area contributed by atoms with Gasteiger partial charge < -0.3 is 10.4 Å². The van der Waals surface area contributed by atoms with Gasteiger partial charge in [0.15, 0.2) is 0 Å². The van der Waals surface area contributed by atoms with Crippen molar-refractivity contribution in [1.82, 2.24) is 5.32 Å². The van der Waals surface area contributed by atoms with Crippen LogP contribution < -0.4 is 5.32 Å². The number of hydrogen-bond donors (Lipinski definition) is 2. The lowest BCUT2D eigenvalue weighted by molar-refractivity contribution is -0.122. The van der Waals surface area contributed by atoms with E-state index in [1.54, 1.807) is 0 Å². The third kappa shape index (κ3) is 3.13. The molecule has 98 valence electrons. The topological polar surface area (TPSA) is 49.3 Å². The van der Waals surface area contributed by atoms with Crippen LogP contribution in [0, 0.1) is 11.7 Å². The summed E-state index contributed by atoms with van der Waals surface area (Å²) < 4.78 is 11.7. The van der Waals surface area contributed by atoms with E-state index < -0.39 is 16.4 Å². The van der Waals surface area contributed by atoms with Gasteiger partial charge in [-0.3, -0.25) is 4.79 Å². The van der Waals surface area contributed by atoms with Crippen molar-refractivity contribution in [3.8, 4) is 0 Å². The highest BCUT2D eigenvalue weighted by atomic mass is 35.5. The second-order valence-corrected chi connectivity index (χ2v) is 5.87. The minimum absolute atomic E-state index is 0.0465. The Morgan fingerprint density at radius 2 is 2.06 bits per heavy atom. The van der Waals surface area contributed by atoms with Crippen molar-refractivity contribution in [2.45, 2.75) is 16.9 Å². The van der Waals surface area contributed by atoms with Crippen molar-refractivity contribution >= 4 is 29.1 Å². The number of nitrogens with one attached hydrogen (secondary N) is 1. The van der Waals surface area contributed by atoms with Crippen LogP contribution in [0.3, 0.4) is 0 Å². The molecule has 0 spiro atoms. The first-order chi connectivity index (χ1) is 8.40. The van der Waals surface area contributed by atoms with Crippen molar-refractivity contribution in [3.63, 3.8) is 0 Å². The van der Waals surface area contributed by atoms with E-state index in [0.29, 0.717) is 12.0 Å². The van der Waals surface area contributed by atoms with Crippen LogP contribution in [0.2, 0.25) is 0 Å². The predicted molar refractivity (Wildman–Crippen MR) is 66.9 cm³/mol. The minimum Gasteiger partial charge on any atom is -0.387 e. The summed E-state index contributed by atoms with van der Waals surface area (Å²) in [6.07, 6.45) is -0.456. The zero-order chi connectivity index (χ0) is 13.3.